The summed E-state index contributed by atoms with van der Waals surface area (Å²) >= 11 is 3.19. The topological polar surface area (TPSA) is 35.8 Å². The molecule has 0 aromatic heterocycles. The van der Waals surface area contributed by atoms with Crippen LogP contribution in [0, 0.1) is 23.0 Å². The number of nitriles is 1. The van der Waals surface area contributed by atoms with Crippen molar-refractivity contribution in [2.45, 2.75) is 0 Å². The van der Waals surface area contributed by atoms with Crippen molar-refractivity contribution in [3.05, 3.63) is 58.1 Å². The minimum atomic E-state index is -0.644. The summed E-state index contributed by atoms with van der Waals surface area (Å²) in [5.41, 5.74) is 0.246. The van der Waals surface area contributed by atoms with E-state index in [-0.39, 0.29) is 16.9 Å². The van der Waals surface area contributed by atoms with Crippen molar-refractivity contribution < 1.29 is 8.78 Å². The highest BCUT2D eigenvalue weighted by atomic mass is 79.9. The molecule has 1 N–H and O–H groups in total. The second-order valence-electron chi connectivity index (χ2n) is 3.50. The smallest absolute Gasteiger partial charge is 0.147 e. The molecule has 0 fully saturated rings. The Hall–Kier alpha value is -1.93. The van der Waals surface area contributed by atoms with Crippen LogP contribution in [-0.4, -0.2) is 0 Å². The number of hydrogen-bond donors (Lipinski definition) is 1. The molecular weight excluding hydrogens is 302 g/mol. The molecule has 5 heteroatoms. The van der Waals surface area contributed by atoms with Crippen LogP contribution in [0.3, 0.4) is 0 Å². The largest absolute Gasteiger partial charge is 0.351 e. The van der Waals surface area contributed by atoms with Crippen LogP contribution in [-0.2, 0) is 0 Å². The van der Waals surface area contributed by atoms with Crippen molar-refractivity contribution in [1.82, 2.24) is 0 Å². The number of para-hydroxylation sites is 1. The molecule has 2 rings (SSSR count). The lowest BCUT2D eigenvalue weighted by atomic mass is 10.1. The third-order valence-corrected chi connectivity index (χ3v) is 3.01. The van der Waals surface area contributed by atoms with Gasteiger partial charge in [0.15, 0.2) is 0 Å². The van der Waals surface area contributed by atoms with Gasteiger partial charge >= 0.3 is 0 Å². The van der Waals surface area contributed by atoms with E-state index in [9.17, 15) is 8.78 Å². The molecule has 0 bridgehead atoms. The Morgan fingerprint density at radius 2 is 1.72 bits per heavy atom. The van der Waals surface area contributed by atoms with Crippen LogP contribution < -0.4 is 5.32 Å². The number of halogens is 3. The first-order chi connectivity index (χ1) is 8.63. The van der Waals surface area contributed by atoms with E-state index in [2.05, 4.69) is 21.2 Å². The molecule has 2 nitrogen and oxygen atoms in total. The number of rotatable bonds is 2. The van der Waals surface area contributed by atoms with Crippen molar-refractivity contribution in [1.29, 1.82) is 5.26 Å². The first-order valence-electron chi connectivity index (χ1n) is 5.03. The molecule has 2 aromatic carbocycles. The second kappa shape index (κ2) is 5.15. The Morgan fingerprint density at radius 1 is 1.06 bits per heavy atom. The van der Waals surface area contributed by atoms with Gasteiger partial charge in [0.25, 0.3) is 0 Å². The van der Waals surface area contributed by atoms with Gasteiger partial charge in [-0.3, -0.25) is 0 Å². The standard InChI is InChI=1S/C13H7BrF2N2/c14-9-3-1-5-11(16)13(9)18-12-6-2-4-10(15)8(12)7-17/h1-6,18H. The first-order valence-corrected chi connectivity index (χ1v) is 5.82. The maximum absolute atomic E-state index is 13.6. The number of benzene rings is 2. The maximum Gasteiger partial charge on any atom is 0.147 e. The molecule has 90 valence electrons. The molecule has 0 saturated heterocycles. The quantitative estimate of drug-likeness (QED) is 0.895. The van der Waals surface area contributed by atoms with E-state index in [4.69, 9.17) is 5.26 Å². The molecule has 0 unspecified atom stereocenters. The zero-order valence-electron chi connectivity index (χ0n) is 9.05. The normalized spacial score (nSPS) is 9.89. The number of nitrogens with one attached hydrogen (secondary N) is 1. The Kier molecular flexibility index (Phi) is 3.58. The monoisotopic (exact) mass is 308 g/mol. The van der Waals surface area contributed by atoms with Gasteiger partial charge in [-0.2, -0.15) is 5.26 Å². The van der Waals surface area contributed by atoms with Crippen LogP contribution in [0.2, 0.25) is 0 Å². The maximum atomic E-state index is 13.6. The molecule has 2 aromatic rings. The van der Waals surface area contributed by atoms with Crippen molar-refractivity contribution in [3.63, 3.8) is 0 Å². The van der Waals surface area contributed by atoms with E-state index in [0.29, 0.717) is 4.47 Å². The fourth-order valence-corrected chi connectivity index (χ4v) is 1.93. The third-order valence-electron chi connectivity index (χ3n) is 2.35. The Bertz CT molecular complexity index is 615. The van der Waals surface area contributed by atoms with E-state index in [1.807, 2.05) is 0 Å². The SMILES string of the molecule is N#Cc1c(F)cccc1Nc1c(F)cccc1Br. The summed E-state index contributed by atoms with van der Waals surface area (Å²) in [6.07, 6.45) is 0. The van der Waals surface area contributed by atoms with Crippen LogP contribution in [0.4, 0.5) is 20.2 Å². The lowest BCUT2D eigenvalue weighted by Gasteiger charge is -2.11. The molecule has 0 radical (unpaired) electrons. The molecule has 0 spiro atoms. The zero-order valence-corrected chi connectivity index (χ0v) is 10.6. The summed E-state index contributed by atoms with van der Waals surface area (Å²) < 4.78 is 27.5. The summed E-state index contributed by atoms with van der Waals surface area (Å²) in [5, 5.41) is 11.6. The molecular formula is C13H7BrF2N2. The molecule has 0 atom stereocenters. The van der Waals surface area contributed by atoms with Gasteiger partial charge in [-0.15, -0.1) is 0 Å². The van der Waals surface area contributed by atoms with Crippen LogP contribution in [0.15, 0.2) is 40.9 Å². The number of nitrogens with zero attached hydrogens (tertiary/aromatic N) is 1. The van der Waals surface area contributed by atoms with Crippen molar-refractivity contribution in [2.24, 2.45) is 0 Å². The highest BCUT2D eigenvalue weighted by Crippen LogP contribution is 2.30. The Morgan fingerprint density at radius 3 is 2.39 bits per heavy atom. The van der Waals surface area contributed by atoms with E-state index in [0.717, 1.165) is 0 Å². The highest BCUT2D eigenvalue weighted by Gasteiger charge is 2.11. The van der Waals surface area contributed by atoms with Crippen molar-refractivity contribution in [2.75, 3.05) is 5.32 Å². The summed E-state index contributed by atoms with van der Waals surface area (Å²) in [4.78, 5) is 0. The average Bonchev–Trinajstić information content (AvgIpc) is 2.34. The van der Waals surface area contributed by atoms with Crippen LogP contribution in [0.1, 0.15) is 5.56 Å². The average molecular weight is 309 g/mol. The van der Waals surface area contributed by atoms with Crippen LogP contribution in [0.5, 0.6) is 0 Å². The minimum absolute atomic E-state index is 0.146. The lowest BCUT2D eigenvalue weighted by Crippen LogP contribution is -1.99. The van der Waals surface area contributed by atoms with Gasteiger partial charge in [0.2, 0.25) is 0 Å². The van der Waals surface area contributed by atoms with Crippen LogP contribution in [0.25, 0.3) is 0 Å². The predicted molar refractivity (Wildman–Crippen MR) is 68.5 cm³/mol. The molecule has 18 heavy (non-hydrogen) atoms. The number of hydrogen-bond acceptors (Lipinski definition) is 2. The highest BCUT2D eigenvalue weighted by molar-refractivity contribution is 9.10. The molecule has 0 amide bonds. The third kappa shape index (κ3) is 2.34. The van der Waals surface area contributed by atoms with Gasteiger partial charge in [-0.25, -0.2) is 8.78 Å². The lowest BCUT2D eigenvalue weighted by molar-refractivity contribution is 0.623. The van der Waals surface area contributed by atoms with Gasteiger partial charge in [0.05, 0.1) is 11.4 Å². The molecule has 0 heterocycles. The van der Waals surface area contributed by atoms with Gasteiger partial charge in [0, 0.05) is 4.47 Å². The van der Waals surface area contributed by atoms with E-state index < -0.39 is 11.6 Å². The van der Waals surface area contributed by atoms with Gasteiger partial charge in [-0.05, 0) is 40.2 Å². The zero-order chi connectivity index (χ0) is 13.1. The van der Waals surface area contributed by atoms with Crippen LogP contribution >= 0.6 is 15.9 Å². The summed E-state index contributed by atoms with van der Waals surface area (Å²) in [5.74, 6) is -1.13. The first kappa shape index (κ1) is 12.5. The summed E-state index contributed by atoms with van der Waals surface area (Å²) in [6, 6.07) is 10.4. The minimum Gasteiger partial charge on any atom is -0.351 e. The summed E-state index contributed by atoms with van der Waals surface area (Å²) in [7, 11) is 0. The fourth-order valence-electron chi connectivity index (χ4n) is 1.49. The van der Waals surface area contributed by atoms with E-state index in [1.165, 1.54) is 24.3 Å². The molecule has 0 saturated carbocycles. The molecule has 0 aliphatic carbocycles. The van der Waals surface area contributed by atoms with Crippen molar-refractivity contribution in [3.8, 4) is 6.07 Å². The Labute approximate surface area is 111 Å². The van der Waals surface area contributed by atoms with E-state index in [1.54, 1.807) is 18.2 Å². The molecule has 0 aliphatic rings. The van der Waals surface area contributed by atoms with Gasteiger partial charge in [-0.1, -0.05) is 12.1 Å². The second-order valence-corrected chi connectivity index (χ2v) is 4.35. The number of anilines is 2. The Balaban J connectivity index is 2.48. The molecule has 0 aliphatic heterocycles. The predicted octanol–water partition coefficient (Wildman–Crippen LogP) is 4.34. The van der Waals surface area contributed by atoms with E-state index >= 15 is 0 Å². The van der Waals surface area contributed by atoms with Crippen molar-refractivity contribution >= 4 is 27.3 Å². The van der Waals surface area contributed by atoms with Gasteiger partial charge in [0.1, 0.15) is 23.3 Å². The fraction of sp³-hybridized carbons (Fsp3) is 0. The summed E-state index contributed by atoms with van der Waals surface area (Å²) in [6.45, 7) is 0. The van der Waals surface area contributed by atoms with Gasteiger partial charge < -0.3 is 5.32 Å².